The van der Waals surface area contributed by atoms with Crippen LogP contribution in [0, 0.1) is 11.8 Å². The van der Waals surface area contributed by atoms with Crippen molar-refractivity contribution >= 4 is 0 Å². The summed E-state index contributed by atoms with van der Waals surface area (Å²) in [6.45, 7) is 0. The van der Waals surface area contributed by atoms with Crippen molar-refractivity contribution in [1.29, 1.82) is 0 Å². The lowest BCUT2D eigenvalue weighted by molar-refractivity contribution is 0.0361. The molecule has 4 bridgehead atoms. The van der Waals surface area contributed by atoms with E-state index in [-0.39, 0.29) is 0 Å². The Labute approximate surface area is 75.1 Å². The van der Waals surface area contributed by atoms with Gasteiger partial charge < -0.3 is 0 Å². The highest BCUT2D eigenvalue weighted by Gasteiger charge is 2.46. The molecule has 1 heteroatoms. The zero-order chi connectivity index (χ0) is 8.13. The summed E-state index contributed by atoms with van der Waals surface area (Å²) >= 11 is 0. The molecule has 12 heavy (non-hydrogen) atoms. The van der Waals surface area contributed by atoms with Crippen LogP contribution >= 0.6 is 0 Å². The Bertz CT molecular complexity index is 171. The molecule has 1 saturated carbocycles. The maximum atomic E-state index is 2.71. The summed E-state index contributed by atoms with van der Waals surface area (Å²) in [4.78, 5) is 2.71. The number of nitrogens with zero attached hydrogens (tertiary/aromatic N) is 1. The summed E-state index contributed by atoms with van der Waals surface area (Å²) in [5.74, 6) is 2.15. The molecule has 3 rings (SSSR count). The van der Waals surface area contributed by atoms with E-state index in [0.717, 1.165) is 23.9 Å². The number of rotatable bonds is 0. The van der Waals surface area contributed by atoms with Crippen LogP contribution in [0.3, 0.4) is 0 Å². The summed E-state index contributed by atoms with van der Waals surface area (Å²) in [6.07, 6.45) is 9.15. The number of hydrogen-bond acceptors (Lipinski definition) is 1. The predicted octanol–water partition coefficient (Wildman–Crippen LogP) is 2.27. The minimum atomic E-state index is 0.978. The molecular formula is C11H19N. The maximum Gasteiger partial charge on any atom is 0.0124 e. The van der Waals surface area contributed by atoms with Gasteiger partial charge in [-0.05, 0) is 51.0 Å². The first-order valence-electron chi connectivity index (χ1n) is 5.58. The Morgan fingerprint density at radius 1 is 0.917 bits per heavy atom. The molecule has 0 amide bonds. The van der Waals surface area contributed by atoms with Crippen molar-refractivity contribution in [2.24, 2.45) is 11.8 Å². The predicted molar refractivity (Wildman–Crippen MR) is 50.0 cm³/mol. The second kappa shape index (κ2) is 2.47. The van der Waals surface area contributed by atoms with E-state index in [1.165, 1.54) is 32.1 Å². The molecule has 0 unspecified atom stereocenters. The van der Waals surface area contributed by atoms with Gasteiger partial charge >= 0.3 is 0 Å². The Hall–Kier alpha value is -0.0400. The molecule has 0 aromatic rings. The molecule has 3 aliphatic rings. The highest BCUT2D eigenvalue weighted by molar-refractivity contribution is 5.00. The van der Waals surface area contributed by atoms with Gasteiger partial charge in [0.15, 0.2) is 0 Å². The fourth-order valence-corrected chi connectivity index (χ4v) is 4.10. The van der Waals surface area contributed by atoms with E-state index in [2.05, 4.69) is 11.9 Å². The van der Waals surface area contributed by atoms with Crippen molar-refractivity contribution in [1.82, 2.24) is 4.90 Å². The van der Waals surface area contributed by atoms with E-state index in [4.69, 9.17) is 0 Å². The van der Waals surface area contributed by atoms with Gasteiger partial charge in [-0.1, -0.05) is 6.42 Å². The first-order valence-corrected chi connectivity index (χ1v) is 5.58. The van der Waals surface area contributed by atoms with Gasteiger partial charge in [0.25, 0.3) is 0 Å². The van der Waals surface area contributed by atoms with Gasteiger partial charge in [-0.15, -0.1) is 0 Å². The highest BCUT2D eigenvalue weighted by Crippen LogP contribution is 2.47. The monoisotopic (exact) mass is 165 g/mol. The SMILES string of the molecule is CN1[C@@H]2CC[C@H]1[C@@H]1CCC[C@H]2C1. The molecule has 0 aromatic carbocycles. The van der Waals surface area contributed by atoms with Crippen LogP contribution in [-0.2, 0) is 0 Å². The summed E-state index contributed by atoms with van der Waals surface area (Å²) in [5.41, 5.74) is 0. The van der Waals surface area contributed by atoms with Crippen LogP contribution in [0.1, 0.15) is 38.5 Å². The standard InChI is InChI=1S/C11H19N/c1-12-10-5-6-11(12)9-4-2-3-8(10)7-9/h8-11H,2-7H2,1H3/t8-,9+,10+,11-. The van der Waals surface area contributed by atoms with Crippen molar-refractivity contribution in [3.05, 3.63) is 0 Å². The van der Waals surface area contributed by atoms with Gasteiger partial charge in [0.05, 0.1) is 0 Å². The third kappa shape index (κ3) is 0.834. The van der Waals surface area contributed by atoms with Gasteiger partial charge in [0, 0.05) is 12.1 Å². The second-order valence-corrected chi connectivity index (χ2v) is 5.06. The highest BCUT2D eigenvalue weighted by atomic mass is 15.2. The quantitative estimate of drug-likeness (QED) is 0.532. The summed E-state index contributed by atoms with van der Waals surface area (Å²) < 4.78 is 0. The number of piperidine rings is 1. The van der Waals surface area contributed by atoms with Gasteiger partial charge in [-0.2, -0.15) is 0 Å². The molecule has 2 heterocycles. The normalized spacial score (nSPS) is 52.8. The van der Waals surface area contributed by atoms with Crippen molar-refractivity contribution in [3.63, 3.8) is 0 Å². The lowest BCUT2D eigenvalue weighted by atomic mass is 9.73. The molecule has 2 aliphatic heterocycles. The van der Waals surface area contributed by atoms with Crippen LogP contribution in [0.5, 0.6) is 0 Å². The van der Waals surface area contributed by atoms with Gasteiger partial charge in [-0.3, -0.25) is 4.90 Å². The molecule has 68 valence electrons. The molecule has 3 fully saturated rings. The Kier molecular flexibility index (Phi) is 1.52. The summed E-state index contributed by atoms with van der Waals surface area (Å²) in [7, 11) is 2.37. The largest absolute Gasteiger partial charge is 0.300 e. The lowest BCUT2D eigenvalue weighted by Gasteiger charge is -2.46. The Morgan fingerprint density at radius 2 is 1.50 bits per heavy atom. The first-order chi connectivity index (χ1) is 5.86. The number of hydrogen-bond donors (Lipinski definition) is 0. The van der Waals surface area contributed by atoms with E-state index in [0.29, 0.717) is 0 Å². The third-order valence-corrected chi connectivity index (χ3v) is 4.65. The number of fused-ring (bicyclic) bond motifs is 6. The topological polar surface area (TPSA) is 3.24 Å². The molecule has 2 saturated heterocycles. The third-order valence-electron chi connectivity index (χ3n) is 4.65. The van der Waals surface area contributed by atoms with Crippen molar-refractivity contribution < 1.29 is 0 Å². The lowest BCUT2D eigenvalue weighted by Crippen LogP contribution is -2.48. The fourth-order valence-electron chi connectivity index (χ4n) is 4.10. The average Bonchev–Trinajstić information content (AvgIpc) is 2.41. The van der Waals surface area contributed by atoms with E-state index < -0.39 is 0 Å². The average molecular weight is 165 g/mol. The van der Waals surface area contributed by atoms with Crippen LogP contribution in [0.4, 0.5) is 0 Å². The van der Waals surface area contributed by atoms with Crippen molar-refractivity contribution in [2.75, 3.05) is 7.05 Å². The molecule has 0 aromatic heterocycles. The smallest absolute Gasteiger partial charge is 0.0124 e. The van der Waals surface area contributed by atoms with Crippen LogP contribution in [0.15, 0.2) is 0 Å². The maximum absolute atomic E-state index is 2.71. The Morgan fingerprint density at radius 3 is 2.08 bits per heavy atom. The molecule has 1 aliphatic carbocycles. The summed E-state index contributed by atoms with van der Waals surface area (Å²) in [5, 5.41) is 0. The van der Waals surface area contributed by atoms with Crippen LogP contribution < -0.4 is 0 Å². The fraction of sp³-hybridized carbons (Fsp3) is 1.00. The van der Waals surface area contributed by atoms with Gasteiger partial charge in [0.2, 0.25) is 0 Å². The zero-order valence-electron chi connectivity index (χ0n) is 8.00. The van der Waals surface area contributed by atoms with Gasteiger partial charge in [-0.25, -0.2) is 0 Å². The van der Waals surface area contributed by atoms with Crippen molar-refractivity contribution in [2.45, 2.75) is 50.6 Å². The van der Waals surface area contributed by atoms with E-state index in [1.807, 2.05) is 0 Å². The van der Waals surface area contributed by atoms with E-state index >= 15 is 0 Å². The van der Waals surface area contributed by atoms with Gasteiger partial charge in [0.1, 0.15) is 0 Å². The summed E-state index contributed by atoms with van der Waals surface area (Å²) in [6, 6.07) is 1.96. The Balaban J connectivity index is 1.91. The minimum absolute atomic E-state index is 0.978. The van der Waals surface area contributed by atoms with Crippen molar-refractivity contribution in [3.8, 4) is 0 Å². The first kappa shape index (κ1) is 7.37. The molecule has 0 N–H and O–H groups in total. The second-order valence-electron chi connectivity index (χ2n) is 5.06. The van der Waals surface area contributed by atoms with Crippen LogP contribution in [-0.4, -0.2) is 24.0 Å². The zero-order valence-corrected chi connectivity index (χ0v) is 8.00. The van der Waals surface area contributed by atoms with Crippen LogP contribution in [0.2, 0.25) is 0 Å². The minimum Gasteiger partial charge on any atom is -0.300 e. The molecular weight excluding hydrogens is 146 g/mol. The molecule has 4 atom stereocenters. The molecule has 0 spiro atoms. The molecule has 0 radical (unpaired) electrons. The van der Waals surface area contributed by atoms with E-state index in [1.54, 1.807) is 6.42 Å². The van der Waals surface area contributed by atoms with Crippen LogP contribution in [0.25, 0.3) is 0 Å². The molecule has 1 nitrogen and oxygen atoms in total. The van der Waals surface area contributed by atoms with E-state index in [9.17, 15) is 0 Å².